The minimum Gasteiger partial charge on any atom is -0.481 e. The van der Waals surface area contributed by atoms with Crippen molar-refractivity contribution in [3.63, 3.8) is 0 Å². The second kappa shape index (κ2) is 6.01. The van der Waals surface area contributed by atoms with Crippen LogP contribution in [0.1, 0.15) is 37.0 Å². The average Bonchev–Trinajstić information content (AvgIpc) is 2.27. The molecule has 0 spiro atoms. The number of rotatable bonds is 6. The summed E-state index contributed by atoms with van der Waals surface area (Å²) in [7, 11) is 0. The van der Waals surface area contributed by atoms with Gasteiger partial charge in [0.05, 0.1) is 5.41 Å². The summed E-state index contributed by atoms with van der Waals surface area (Å²) in [6.07, 6.45) is 0.632. The van der Waals surface area contributed by atoms with Gasteiger partial charge in [-0.1, -0.05) is 18.2 Å². The maximum atomic E-state index is 11.0. The third-order valence-corrected chi connectivity index (χ3v) is 3.45. The summed E-state index contributed by atoms with van der Waals surface area (Å²) >= 11 is 0. The van der Waals surface area contributed by atoms with E-state index < -0.39 is 11.4 Å². The minimum absolute atomic E-state index is 0.632. The molecule has 1 aromatic carbocycles. The maximum Gasteiger partial charge on any atom is 0.309 e. The molecule has 0 fully saturated rings. The Morgan fingerprint density at radius 1 is 1.28 bits per heavy atom. The predicted molar refractivity (Wildman–Crippen MR) is 73.7 cm³/mol. The van der Waals surface area contributed by atoms with Crippen molar-refractivity contribution in [3.8, 4) is 0 Å². The molecule has 0 saturated heterocycles. The van der Waals surface area contributed by atoms with E-state index in [0.717, 1.165) is 6.54 Å². The second-order valence-corrected chi connectivity index (χ2v) is 5.49. The van der Waals surface area contributed by atoms with Gasteiger partial charge in [0.15, 0.2) is 0 Å². The Balaban J connectivity index is 2.46. The van der Waals surface area contributed by atoms with E-state index in [1.165, 1.54) is 16.7 Å². The molecule has 18 heavy (non-hydrogen) atoms. The Kier molecular flexibility index (Phi) is 4.91. The van der Waals surface area contributed by atoms with Gasteiger partial charge in [-0.15, -0.1) is 0 Å². The Bertz CT molecular complexity index is 404. The molecule has 0 amide bonds. The van der Waals surface area contributed by atoms with Gasteiger partial charge in [-0.2, -0.15) is 0 Å². The van der Waals surface area contributed by atoms with E-state index in [9.17, 15) is 4.79 Å². The fourth-order valence-corrected chi connectivity index (χ4v) is 1.85. The van der Waals surface area contributed by atoms with Gasteiger partial charge in [-0.25, -0.2) is 0 Å². The molecule has 0 unspecified atom stereocenters. The molecule has 1 rings (SSSR count). The van der Waals surface area contributed by atoms with Crippen molar-refractivity contribution in [1.29, 1.82) is 0 Å². The first kappa shape index (κ1) is 14.7. The largest absolute Gasteiger partial charge is 0.481 e. The van der Waals surface area contributed by atoms with Crippen molar-refractivity contribution in [2.24, 2.45) is 5.41 Å². The van der Waals surface area contributed by atoms with E-state index >= 15 is 0 Å². The lowest BCUT2D eigenvalue weighted by Crippen LogP contribution is -2.29. The van der Waals surface area contributed by atoms with Crippen LogP contribution in [0.2, 0.25) is 0 Å². The summed E-state index contributed by atoms with van der Waals surface area (Å²) in [6.45, 7) is 9.24. The summed E-state index contributed by atoms with van der Waals surface area (Å²) in [5.41, 5.74) is 3.21. The van der Waals surface area contributed by atoms with Crippen molar-refractivity contribution in [2.45, 2.75) is 40.7 Å². The van der Waals surface area contributed by atoms with Gasteiger partial charge in [-0.3, -0.25) is 4.79 Å². The van der Waals surface area contributed by atoms with E-state index in [4.69, 9.17) is 5.11 Å². The van der Waals surface area contributed by atoms with Crippen LogP contribution in [0.5, 0.6) is 0 Å². The van der Waals surface area contributed by atoms with Gasteiger partial charge in [0, 0.05) is 6.54 Å². The number of hydrogen-bond acceptors (Lipinski definition) is 2. The monoisotopic (exact) mass is 249 g/mol. The highest BCUT2D eigenvalue weighted by Crippen LogP contribution is 2.19. The van der Waals surface area contributed by atoms with Crippen LogP contribution in [-0.2, 0) is 11.3 Å². The Morgan fingerprint density at radius 2 is 1.83 bits per heavy atom. The molecule has 0 aliphatic carbocycles. The van der Waals surface area contributed by atoms with Crippen molar-refractivity contribution in [1.82, 2.24) is 5.32 Å². The third-order valence-electron chi connectivity index (χ3n) is 3.45. The molecule has 0 saturated carbocycles. The van der Waals surface area contributed by atoms with Crippen LogP contribution >= 0.6 is 0 Å². The quantitative estimate of drug-likeness (QED) is 0.762. The van der Waals surface area contributed by atoms with Crippen LogP contribution in [-0.4, -0.2) is 17.6 Å². The maximum absolute atomic E-state index is 11.0. The van der Waals surface area contributed by atoms with Crippen LogP contribution in [0.4, 0.5) is 0 Å². The Labute approximate surface area is 109 Å². The van der Waals surface area contributed by atoms with Gasteiger partial charge >= 0.3 is 5.97 Å². The highest BCUT2D eigenvalue weighted by Gasteiger charge is 2.26. The van der Waals surface area contributed by atoms with Gasteiger partial charge in [0.1, 0.15) is 0 Å². The summed E-state index contributed by atoms with van der Waals surface area (Å²) < 4.78 is 0. The van der Waals surface area contributed by atoms with Gasteiger partial charge in [0.2, 0.25) is 0 Å². The standard InChI is InChI=1S/C15H23NO2/c1-11-6-5-7-12(2)13(11)10-16-9-8-15(3,4)14(17)18/h5-7,16H,8-10H2,1-4H3,(H,17,18). The van der Waals surface area contributed by atoms with Crippen LogP contribution in [0.15, 0.2) is 18.2 Å². The SMILES string of the molecule is Cc1cccc(C)c1CNCCC(C)(C)C(=O)O. The first-order valence-corrected chi connectivity index (χ1v) is 6.34. The second-order valence-electron chi connectivity index (χ2n) is 5.49. The number of nitrogens with one attached hydrogen (secondary N) is 1. The molecule has 0 aliphatic heterocycles. The van der Waals surface area contributed by atoms with Gasteiger partial charge in [-0.05, 0) is 57.4 Å². The number of aliphatic carboxylic acids is 1. The molecule has 1 aromatic rings. The van der Waals surface area contributed by atoms with Crippen molar-refractivity contribution < 1.29 is 9.90 Å². The lowest BCUT2D eigenvalue weighted by Gasteiger charge is -2.19. The molecule has 3 heteroatoms. The highest BCUT2D eigenvalue weighted by molar-refractivity contribution is 5.73. The zero-order chi connectivity index (χ0) is 13.8. The number of carboxylic acid groups (broad SMARTS) is 1. The number of aryl methyl sites for hydroxylation is 2. The molecule has 0 heterocycles. The summed E-state index contributed by atoms with van der Waals surface area (Å²) in [5, 5.41) is 12.3. The number of carboxylic acids is 1. The van der Waals surface area contributed by atoms with Gasteiger partial charge in [0.25, 0.3) is 0 Å². The zero-order valence-electron chi connectivity index (χ0n) is 11.7. The molecule has 100 valence electrons. The van der Waals surface area contributed by atoms with Crippen molar-refractivity contribution in [2.75, 3.05) is 6.54 Å². The minimum atomic E-state index is -0.739. The Morgan fingerprint density at radius 3 is 2.33 bits per heavy atom. The number of benzene rings is 1. The molecule has 0 bridgehead atoms. The lowest BCUT2D eigenvalue weighted by molar-refractivity contribution is -0.147. The first-order chi connectivity index (χ1) is 8.34. The first-order valence-electron chi connectivity index (χ1n) is 6.34. The third kappa shape index (κ3) is 3.84. The van der Waals surface area contributed by atoms with Crippen molar-refractivity contribution >= 4 is 5.97 Å². The molecule has 0 aliphatic rings. The summed E-state index contributed by atoms with van der Waals surface area (Å²) in [4.78, 5) is 11.0. The average molecular weight is 249 g/mol. The van der Waals surface area contributed by atoms with E-state index in [-0.39, 0.29) is 0 Å². The highest BCUT2D eigenvalue weighted by atomic mass is 16.4. The van der Waals surface area contributed by atoms with E-state index in [2.05, 4.69) is 37.4 Å². The van der Waals surface area contributed by atoms with E-state index in [0.29, 0.717) is 13.0 Å². The molecular weight excluding hydrogens is 226 g/mol. The molecule has 0 radical (unpaired) electrons. The van der Waals surface area contributed by atoms with Crippen LogP contribution in [0.3, 0.4) is 0 Å². The topological polar surface area (TPSA) is 49.3 Å². The molecular formula is C15H23NO2. The van der Waals surface area contributed by atoms with E-state index in [1.807, 2.05) is 0 Å². The smallest absolute Gasteiger partial charge is 0.309 e. The molecule has 0 atom stereocenters. The zero-order valence-corrected chi connectivity index (χ0v) is 11.7. The van der Waals surface area contributed by atoms with Crippen LogP contribution < -0.4 is 5.32 Å². The normalized spacial score (nSPS) is 11.6. The number of carbonyl (C=O) groups is 1. The fraction of sp³-hybridized carbons (Fsp3) is 0.533. The van der Waals surface area contributed by atoms with Crippen LogP contribution in [0.25, 0.3) is 0 Å². The number of hydrogen-bond donors (Lipinski definition) is 2. The molecule has 0 aromatic heterocycles. The van der Waals surface area contributed by atoms with Gasteiger partial charge < -0.3 is 10.4 Å². The van der Waals surface area contributed by atoms with E-state index in [1.54, 1.807) is 13.8 Å². The molecule has 3 nitrogen and oxygen atoms in total. The van der Waals surface area contributed by atoms with Crippen molar-refractivity contribution in [3.05, 3.63) is 34.9 Å². The Hall–Kier alpha value is -1.35. The predicted octanol–water partition coefficient (Wildman–Crippen LogP) is 2.89. The molecule has 2 N–H and O–H groups in total. The summed E-state index contributed by atoms with van der Waals surface area (Å²) in [5.74, 6) is -0.739. The van der Waals surface area contributed by atoms with Crippen LogP contribution in [0, 0.1) is 19.3 Å². The fourth-order valence-electron chi connectivity index (χ4n) is 1.85. The summed E-state index contributed by atoms with van der Waals surface area (Å²) in [6, 6.07) is 6.26. The lowest BCUT2D eigenvalue weighted by atomic mass is 9.89.